The lowest BCUT2D eigenvalue weighted by Crippen LogP contribution is -1.99. The molecular weight excluding hydrogens is 244 g/mol. The van der Waals surface area contributed by atoms with Gasteiger partial charge in [-0.25, -0.2) is 9.59 Å². The van der Waals surface area contributed by atoms with Crippen LogP contribution in [0.25, 0.3) is 6.08 Å². The third-order valence-corrected chi connectivity index (χ3v) is 2.25. The third kappa shape index (κ3) is 3.92. The molecule has 0 aliphatic carbocycles. The summed E-state index contributed by atoms with van der Waals surface area (Å²) in [5, 5.41) is 9.01. The molecule has 5 heteroatoms. The first-order valence-corrected chi connectivity index (χ1v) is 5.30. The van der Waals surface area contributed by atoms with Gasteiger partial charge in [-0.1, -0.05) is 17.7 Å². The van der Waals surface area contributed by atoms with Crippen molar-refractivity contribution in [1.82, 2.24) is 0 Å². The molecule has 0 aromatic heterocycles. The fraction of sp³-hybridized carbons (Fsp3) is 0.167. The minimum Gasteiger partial charge on any atom is -0.478 e. The molecule has 1 aromatic carbocycles. The predicted molar refractivity (Wildman–Crippen MR) is 64.1 cm³/mol. The number of ether oxygens (including phenoxy) is 1. The quantitative estimate of drug-likeness (QED) is 0.663. The molecule has 1 N–H and O–H groups in total. The summed E-state index contributed by atoms with van der Waals surface area (Å²) >= 11 is 5.71. The Morgan fingerprint density at radius 1 is 1.47 bits per heavy atom. The van der Waals surface area contributed by atoms with Crippen molar-refractivity contribution < 1.29 is 19.4 Å². The second-order valence-corrected chi connectivity index (χ2v) is 3.54. The summed E-state index contributed by atoms with van der Waals surface area (Å²) in [5.74, 6) is -1.58. The molecule has 17 heavy (non-hydrogen) atoms. The van der Waals surface area contributed by atoms with Crippen LogP contribution in [0.5, 0.6) is 0 Å². The van der Waals surface area contributed by atoms with Gasteiger partial charge in [-0.05, 0) is 30.7 Å². The van der Waals surface area contributed by atoms with Crippen molar-refractivity contribution in [2.75, 3.05) is 6.61 Å². The van der Waals surface area contributed by atoms with E-state index in [-0.39, 0.29) is 10.6 Å². The Hall–Kier alpha value is -1.81. The second-order valence-electron chi connectivity index (χ2n) is 3.13. The molecule has 90 valence electrons. The summed E-state index contributed by atoms with van der Waals surface area (Å²) in [6, 6.07) is 4.47. The molecule has 4 nitrogen and oxygen atoms in total. The highest BCUT2D eigenvalue weighted by Gasteiger charge is 2.08. The first kappa shape index (κ1) is 13.3. The van der Waals surface area contributed by atoms with Crippen LogP contribution < -0.4 is 0 Å². The Morgan fingerprint density at radius 3 is 2.76 bits per heavy atom. The highest BCUT2D eigenvalue weighted by atomic mass is 35.5. The van der Waals surface area contributed by atoms with Gasteiger partial charge in [0.05, 0.1) is 17.2 Å². The van der Waals surface area contributed by atoms with Crippen molar-refractivity contribution in [2.24, 2.45) is 0 Å². The Labute approximate surface area is 103 Å². The maximum atomic E-state index is 11.1. The van der Waals surface area contributed by atoms with E-state index >= 15 is 0 Å². The number of esters is 1. The molecule has 0 amide bonds. The molecule has 0 radical (unpaired) electrons. The summed E-state index contributed by atoms with van der Waals surface area (Å²) in [4.78, 5) is 21.9. The summed E-state index contributed by atoms with van der Waals surface area (Å²) in [6.07, 6.45) is 2.71. The van der Waals surface area contributed by atoms with Crippen LogP contribution in [0.2, 0.25) is 5.02 Å². The van der Waals surface area contributed by atoms with Gasteiger partial charge in [0.2, 0.25) is 0 Å². The number of rotatable bonds is 4. The van der Waals surface area contributed by atoms with Gasteiger partial charge in [0, 0.05) is 6.08 Å². The molecular formula is C12H11ClO4. The van der Waals surface area contributed by atoms with E-state index in [2.05, 4.69) is 0 Å². The Kier molecular flexibility index (Phi) is 4.72. The molecule has 0 saturated carbocycles. The highest BCUT2D eigenvalue weighted by Crippen LogP contribution is 2.18. The van der Waals surface area contributed by atoms with E-state index in [1.807, 2.05) is 0 Å². The van der Waals surface area contributed by atoms with Gasteiger partial charge in [0.1, 0.15) is 0 Å². The molecule has 0 saturated heterocycles. The molecule has 1 rings (SSSR count). The SMILES string of the molecule is CCOC(=O)C=Cc1ccc(Cl)c(C(=O)O)c1. The number of aromatic carboxylic acids is 1. The summed E-state index contributed by atoms with van der Waals surface area (Å²) in [6.45, 7) is 2.00. The molecule has 0 aliphatic heterocycles. The van der Waals surface area contributed by atoms with Crippen molar-refractivity contribution >= 4 is 29.6 Å². The van der Waals surface area contributed by atoms with Crippen LogP contribution in [0.3, 0.4) is 0 Å². The second kappa shape index (κ2) is 6.06. The maximum Gasteiger partial charge on any atom is 0.337 e. The van der Waals surface area contributed by atoms with Crippen molar-refractivity contribution in [1.29, 1.82) is 0 Å². The fourth-order valence-corrected chi connectivity index (χ4v) is 1.36. The lowest BCUT2D eigenvalue weighted by molar-refractivity contribution is -0.137. The van der Waals surface area contributed by atoms with Crippen LogP contribution in [0.1, 0.15) is 22.8 Å². The van der Waals surface area contributed by atoms with Crippen LogP contribution >= 0.6 is 11.6 Å². The average Bonchev–Trinajstić information content (AvgIpc) is 2.28. The van der Waals surface area contributed by atoms with Gasteiger partial charge >= 0.3 is 11.9 Å². The lowest BCUT2D eigenvalue weighted by Gasteiger charge is -2.00. The van der Waals surface area contributed by atoms with E-state index in [1.165, 1.54) is 24.3 Å². The highest BCUT2D eigenvalue weighted by molar-refractivity contribution is 6.33. The number of carbonyl (C=O) groups excluding carboxylic acids is 1. The molecule has 0 aliphatic rings. The normalized spacial score (nSPS) is 10.5. The molecule has 0 bridgehead atoms. The van der Waals surface area contributed by atoms with Gasteiger partial charge in [0.15, 0.2) is 0 Å². The molecule has 0 fully saturated rings. The zero-order valence-electron chi connectivity index (χ0n) is 9.14. The number of benzene rings is 1. The number of carboxylic acids is 1. The van der Waals surface area contributed by atoms with E-state index in [4.69, 9.17) is 21.4 Å². The zero-order valence-corrected chi connectivity index (χ0v) is 9.90. The number of carboxylic acid groups (broad SMARTS) is 1. The van der Waals surface area contributed by atoms with Crippen molar-refractivity contribution in [3.05, 3.63) is 40.4 Å². The predicted octanol–water partition coefficient (Wildman–Crippen LogP) is 2.61. The Morgan fingerprint density at radius 2 is 2.18 bits per heavy atom. The van der Waals surface area contributed by atoms with Crippen molar-refractivity contribution in [3.63, 3.8) is 0 Å². The molecule has 0 spiro atoms. The Balaban J connectivity index is 2.89. The Bertz CT molecular complexity index is 466. The van der Waals surface area contributed by atoms with Gasteiger partial charge in [-0.15, -0.1) is 0 Å². The van der Waals surface area contributed by atoms with Crippen LogP contribution in [0.4, 0.5) is 0 Å². The van der Waals surface area contributed by atoms with Gasteiger partial charge in [0.25, 0.3) is 0 Å². The molecule has 0 atom stereocenters. The van der Waals surface area contributed by atoms with Crippen LogP contribution in [0, 0.1) is 0 Å². The minimum absolute atomic E-state index is 0.00215. The van der Waals surface area contributed by atoms with E-state index < -0.39 is 11.9 Å². The van der Waals surface area contributed by atoms with E-state index in [0.717, 1.165) is 0 Å². The minimum atomic E-state index is -1.11. The van der Waals surface area contributed by atoms with Crippen LogP contribution in [-0.4, -0.2) is 23.7 Å². The van der Waals surface area contributed by atoms with E-state index in [9.17, 15) is 9.59 Å². The van der Waals surface area contributed by atoms with Crippen molar-refractivity contribution in [2.45, 2.75) is 6.92 Å². The molecule has 0 unspecified atom stereocenters. The van der Waals surface area contributed by atoms with E-state index in [0.29, 0.717) is 12.2 Å². The summed E-state index contributed by atoms with van der Waals surface area (Å²) in [5.41, 5.74) is 0.567. The van der Waals surface area contributed by atoms with Gasteiger partial charge in [-0.2, -0.15) is 0 Å². The topological polar surface area (TPSA) is 63.6 Å². The maximum absolute atomic E-state index is 11.1. The summed E-state index contributed by atoms with van der Waals surface area (Å²) < 4.78 is 4.70. The lowest BCUT2D eigenvalue weighted by atomic mass is 10.1. The standard InChI is InChI=1S/C12H11ClO4/c1-2-17-11(14)6-4-8-3-5-10(13)9(7-8)12(15)16/h3-7H,2H2,1H3,(H,15,16). The van der Waals surface area contributed by atoms with Gasteiger partial charge < -0.3 is 9.84 Å². The average molecular weight is 255 g/mol. The number of carbonyl (C=O) groups is 2. The third-order valence-electron chi connectivity index (χ3n) is 1.92. The monoisotopic (exact) mass is 254 g/mol. The fourth-order valence-electron chi connectivity index (χ4n) is 1.17. The molecule has 1 aromatic rings. The van der Waals surface area contributed by atoms with Crippen molar-refractivity contribution in [3.8, 4) is 0 Å². The van der Waals surface area contributed by atoms with Crippen LogP contribution in [0.15, 0.2) is 24.3 Å². The van der Waals surface area contributed by atoms with Gasteiger partial charge in [-0.3, -0.25) is 0 Å². The largest absolute Gasteiger partial charge is 0.478 e. The number of hydrogen-bond donors (Lipinski definition) is 1. The zero-order chi connectivity index (χ0) is 12.8. The summed E-state index contributed by atoms with van der Waals surface area (Å²) in [7, 11) is 0. The number of hydrogen-bond acceptors (Lipinski definition) is 3. The van der Waals surface area contributed by atoms with Crippen LogP contribution in [-0.2, 0) is 9.53 Å². The first-order chi connectivity index (χ1) is 8.04. The first-order valence-electron chi connectivity index (χ1n) is 4.92. The number of halogens is 1. The van der Waals surface area contributed by atoms with E-state index in [1.54, 1.807) is 13.0 Å². The smallest absolute Gasteiger partial charge is 0.337 e. The molecule has 0 heterocycles.